The molecule has 0 radical (unpaired) electrons. The molecule has 1 N–H and O–H groups in total. The molecule has 2 amide bonds. The van der Waals surface area contributed by atoms with E-state index in [9.17, 15) is 9.18 Å². The number of hydrogen-bond acceptors (Lipinski definition) is 3. The van der Waals surface area contributed by atoms with Gasteiger partial charge < -0.3 is 15.0 Å². The SMILES string of the molecule is O=C(NCc1cccc(F)c1)N1CCCCC1CCN1CCOCC1. The quantitative estimate of drug-likeness (QED) is 0.889. The van der Waals surface area contributed by atoms with Crippen LogP contribution >= 0.6 is 0 Å². The van der Waals surface area contributed by atoms with E-state index < -0.39 is 0 Å². The average Bonchev–Trinajstić information content (AvgIpc) is 2.65. The number of nitrogens with one attached hydrogen (secondary N) is 1. The molecule has 6 heteroatoms. The van der Waals surface area contributed by atoms with E-state index in [0.717, 1.165) is 64.2 Å². The van der Waals surface area contributed by atoms with Crippen LogP contribution in [0.25, 0.3) is 0 Å². The number of halogens is 1. The van der Waals surface area contributed by atoms with Gasteiger partial charge in [0.15, 0.2) is 0 Å². The summed E-state index contributed by atoms with van der Waals surface area (Å²) >= 11 is 0. The number of ether oxygens (including phenoxy) is 1. The molecule has 2 fully saturated rings. The van der Waals surface area contributed by atoms with Gasteiger partial charge >= 0.3 is 6.03 Å². The predicted octanol–water partition coefficient (Wildman–Crippen LogP) is 2.61. The van der Waals surface area contributed by atoms with E-state index in [1.807, 2.05) is 11.0 Å². The van der Waals surface area contributed by atoms with Crippen molar-refractivity contribution in [1.29, 1.82) is 0 Å². The number of likely N-dealkylation sites (tertiary alicyclic amines) is 1. The zero-order valence-electron chi connectivity index (χ0n) is 14.8. The van der Waals surface area contributed by atoms with Crippen molar-refractivity contribution < 1.29 is 13.9 Å². The van der Waals surface area contributed by atoms with Crippen molar-refractivity contribution in [1.82, 2.24) is 15.1 Å². The molecular formula is C19H28FN3O2. The van der Waals surface area contributed by atoms with Crippen LogP contribution in [0.1, 0.15) is 31.2 Å². The Hall–Kier alpha value is -1.66. The molecule has 1 aromatic rings. The van der Waals surface area contributed by atoms with Crippen molar-refractivity contribution in [3.8, 4) is 0 Å². The van der Waals surface area contributed by atoms with Gasteiger partial charge in [-0.05, 0) is 43.4 Å². The average molecular weight is 349 g/mol. The Morgan fingerprint density at radius 3 is 2.88 bits per heavy atom. The maximum Gasteiger partial charge on any atom is 0.317 e. The lowest BCUT2D eigenvalue weighted by atomic mass is 9.99. The minimum absolute atomic E-state index is 0.0315. The van der Waals surface area contributed by atoms with Crippen LogP contribution in [0.5, 0.6) is 0 Å². The first-order chi connectivity index (χ1) is 12.2. The van der Waals surface area contributed by atoms with Crippen LogP contribution in [0.3, 0.4) is 0 Å². The summed E-state index contributed by atoms with van der Waals surface area (Å²) in [5, 5.41) is 2.95. The van der Waals surface area contributed by atoms with Crippen molar-refractivity contribution in [3.05, 3.63) is 35.6 Å². The standard InChI is InChI=1S/C19H28FN3O2/c20-17-5-3-4-16(14-17)15-21-19(24)23-8-2-1-6-18(23)7-9-22-10-12-25-13-11-22/h3-5,14,18H,1-2,6-13,15H2,(H,21,24). The number of carbonyl (C=O) groups excluding carboxylic acids is 1. The van der Waals surface area contributed by atoms with E-state index in [0.29, 0.717) is 12.6 Å². The Balaban J connectivity index is 1.49. The minimum atomic E-state index is -0.270. The van der Waals surface area contributed by atoms with Gasteiger partial charge in [0.25, 0.3) is 0 Å². The fraction of sp³-hybridized carbons (Fsp3) is 0.632. The van der Waals surface area contributed by atoms with Gasteiger partial charge in [-0.15, -0.1) is 0 Å². The van der Waals surface area contributed by atoms with Crippen LogP contribution in [0, 0.1) is 5.82 Å². The van der Waals surface area contributed by atoms with Crippen molar-refractivity contribution >= 4 is 6.03 Å². The van der Waals surface area contributed by atoms with Gasteiger partial charge in [0, 0.05) is 38.8 Å². The molecule has 138 valence electrons. The summed E-state index contributed by atoms with van der Waals surface area (Å²) in [4.78, 5) is 17.0. The fourth-order valence-corrected chi connectivity index (χ4v) is 3.65. The first kappa shape index (κ1) is 18.1. The summed E-state index contributed by atoms with van der Waals surface area (Å²) < 4.78 is 18.6. The molecule has 2 heterocycles. The van der Waals surface area contributed by atoms with E-state index in [1.54, 1.807) is 6.07 Å². The van der Waals surface area contributed by atoms with Gasteiger partial charge in [0.2, 0.25) is 0 Å². The number of nitrogens with zero attached hydrogens (tertiary/aromatic N) is 2. The number of hydrogen-bond donors (Lipinski definition) is 1. The third-order valence-electron chi connectivity index (χ3n) is 5.10. The second kappa shape index (κ2) is 9.15. The molecule has 0 bridgehead atoms. The molecule has 3 rings (SSSR count). The van der Waals surface area contributed by atoms with Crippen LogP contribution < -0.4 is 5.32 Å². The zero-order chi connectivity index (χ0) is 17.5. The lowest BCUT2D eigenvalue weighted by Gasteiger charge is -2.37. The smallest absolute Gasteiger partial charge is 0.317 e. The summed E-state index contributed by atoms with van der Waals surface area (Å²) in [5.74, 6) is -0.270. The lowest BCUT2D eigenvalue weighted by Crippen LogP contribution is -2.50. The highest BCUT2D eigenvalue weighted by atomic mass is 19.1. The normalized spacial score (nSPS) is 22.0. The minimum Gasteiger partial charge on any atom is -0.379 e. The molecule has 0 spiro atoms. The van der Waals surface area contributed by atoms with E-state index in [1.165, 1.54) is 18.6 Å². The van der Waals surface area contributed by atoms with Crippen LogP contribution in [0.2, 0.25) is 0 Å². The summed E-state index contributed by atoms with van der Waals surface area (Å²) in [5.41, 5.74) is 0.787. The van der Waals surface area contributed by atoms with E-state index >= 15 is 0 Å². The van der Waals surface area contributed by atoms with Gasteiger partial charge in [0.1, 0.15) is 5.82 Å². The number of carbonyl (C=O) groups is 1. The number of morpholine rings is 1. The largest absolute Gasteiger partial charge is 0.379 e. The number of urea groups is 1. The van der Waals surface area contributed by atoms with E-state index in [2.05, 4.69) is 10.2 Å². The molecular weight excluding hydrogens is 321 g/mol. The van der Waals surface area contributed by atoms with Crippen molar-refractivity contribution in [2.24, 2.45) is 0 Å². The fourth-order valence-electron chi connectivity index (χ4n) is 3.65. The van der Waals surface area contributed by atoms with Crippen molar-refractivity contribution in [3.63, 3.8) is 0 Å². The van der Waals surface area contributed by atoms with Gasteiger partial charge in [-0.1, -0.05) is 12.1 Å². The Morgan fingerprint density at radius 1 is 1.24 bits per heavy atom. The number of piperidine rings is 1. The van der Waals surface area contributed by atoms with Crippen molar-refractivity contribution in [2.75, 3.05) is 39.4 Å². The highest BCUT2D eigenvalue weighted by Gasteiger charge is 2.27. The molecule has 1 unspecified atom stereocenters. The van der Waals surface area contributed by atoms with Crippen LogP contribution in [-0.2, 0) is 11.3 Å². The second-order valence-corrected chi connectivity index (χ2v) is 6.87. The monoisotopic (exact) mass is 349 g/mol. The first-order valence-electron chi connectivity index (χ1n) is 9.31. The van der Waals surface area contributed by atoms with E-state index in [4.69, 9.17) is 4.74 Å². The molecule has 1 aromatic carbocycles. The maximum absolute atomic E-state index is 13.2. The van der Waals surface area contributed by atoms with Crippen LogP contribution in [0.4, 0.5) is 9.18 Å². The highest BCUT2D eigenvalue weighted by Crippen LogP contribution is 2.20. The molecule has 1 atom stereocenters. The molecule has 0 aliphatic carbocycles. The predicted molar refractivity (Wildman–Crippen MR) is 94.9 cm³/mol. The third-order valence-corrected chi connectivity index (χ3v) is 5.10. The molecule has 25 heavy (non-hydrogen) atoms. The summed E-state index contributed by atoms with van der Waals surface area (Å²) in [6.07, 6.45) is 4.31. The summed E-state index contributed by atoms with van der Waals surface area (Å²) in [6, 6.07) is 6.64. The molecule has 5 nitrogen and oxygen atoms in total. The van der Waals surface area contributed by atoms with Gasteiger partial charge in [-0.2, -0.15) is 0 Å². The third kappa shape index (κ3) is 5.41. The van der Waals surface area contributed by atoms with Gasteiger partial charge in [0.05, 0.1) is 13.2 Å². The van der Waals surface area contributed by atoms with Crippen molar-refractivity contribution in [2.45, 2.75) is 38.3 Å². The lowest BCUT2D eigenvalue weighted by molar-refractivity contribution is 0.0326. The van der Waals surface area contributed by atoms with Gasteiger partial charge in [-0.3, -0.25) is 4.90 Å². The Kier molecular flexibility index (Phi) is 6.64. The van der Waals surface area contributed by atoms with E-state index in [-0.39, 0.29) is 11.8 Å². The molecule has 2 aliphatic heterocycles. The molecule has 0 saturated carbocycles. The Morgan fingerprint density at radius 2 is 2.08 bits per heavy atom. The molecule has 0 aromatic heterocycles. The number of rotatable bonds is 5. The zero-order valence-corrected chi connectivity index (χ0v) is 14.8. The highest BCUT2D eigenvalue weighted by molar-refractivity contribution is 5.74. The second-order valence-electron chi connectivity index (χ2n) is 6.87. The Bertz CT molecular complexity index is 563. The Labute approximate surface area is 149 Å². The number of amides is 2. The molecule has 2 saturated heterocycles. The maximum atomic E-state index is 13.2. The number of benzene rings is 1. The summed E-state index contributed by atoms with van der Waals surface area (Å²) in [6.45, 7) is 5.77. The van der Waals surface area contributed by atoms with Gasteiger partial charge in [-0.25, -0.2) is 9.18 Å². The topological polar surface area (TPSA) is 44.8 Å². The van der Waals surface area contributed by atoms with Crippen LogP contribution in [0.15, 0.2) is 24.3 Å². The van der Waals surface area contributed by atoms with Crippen LogP contribution in [-0.4, -0.2) is 61.3 Å². The molecule has 2 aliphatic rings. The first-order valence-corrected chi connectivity index (χ1v) is 9.31. The summed E-state index contributed by atoms with van der Waals surface area (Å²) in [7, 11) is 0.